The monoisotopic (exact) mass is 633 g/mol. The number of nitrogens with zero attached hydrogens (tertiary/aromatic N) is 5. The quantitative estimate of drug-likeness (QED) is 0.234. The molecular formula is C24H24BrN7O5S2. The van der Waals surface area contributed by atoms with Gasteiger partial charge in [0, 0.05) is 15.7 Å². The van der Waals surface area contributed by atoms with Crippen molar-refractivity contribution in [2.45, 2.75) is 18.6 Å². The molecule has 0 aliphatic rings. The molecule has 0 saturated heterocycles. The van der Waals surface area contributed by atoms with Crippen molar-refractivity contribution < 1.29 is 23.8 Å². The third kappa shape index (κ3) is 6.85. The van der Waals surface area contributed by atoms with Crippen LogP contribution in [0.2, 0.25) is 0 Å². The number of halogens is 1. The summed E-state index contributed by atoms with van der Waals surface area (Å²) in [4.78, 5) is 25.5. The summed E-state index contributed by atoms with van der Waals surface area (Å²) in [7, 11) is 4.45. The molecule has 2 aromatic heterocycles. The Morgan fingerprint density at radius 3 is 2.28 bits per heavy atom. The van der Waals surface area contributed by atoms with Crippen molar-refractivity contribution in [1.82, 2.24) is 30.3 Å². The number of hydrogen-bond donors (Lipinski definition) is 2. The van der Waals surface area contributed by atoms with E-state index in [1.54, 1.807) is 16.7 Å². The van der Waals surface area contributed by atoms with Crippen LogP contribution < -0.4 is 24.8 Å². The van der Waals surface area contributed by atoms with E-state index in [1.807, 2.05) is 31.2 Å². The van der Waals surface area contributed by atoms with Gasteiger partial charge in [0.1, 0.15) is 5.01 Å². The minimum absolute atomic E-state index is 0.0649. The fraction of sp³-hybridized carbons (Fsp3) is 0.250. The average Bonchev–Trinajstić information content (AvgIpc) is 3.55. The number of anilines is 1. The zero-order valence-corrected chi connectivity index (χ0v) is 24.6. The van der Waals surface area contributed by atoms with Gasteiger partial charge in [-0.15, -0.1) is 20.4 Å². The molecule has 0 saturated carbocycles. The summed E-state index contributed by atoms with van der Waals surface area (Å²) in [6.45, 7) is 1.88. The summed E-state index contributed by atoms with van der Waals surface area (Å²) in [6.07, 6.45) is 0. The van der Waals surface area contributed by atoms with Crippen molar-refractivity contribution >= 4 is 56.0 Å². The Morgan fingerprint density at radius 1 is 1.00 bits per heavy atom. The molecule has 0 bridgehead atoms. The third-order valence-electron chi connectivity index (χ3n) is 5.22. The highest BCUT2D eigenvalue weighted by Gasteiger charge is 2.20. The lowest BCUT2D eigenvalue weighted by Crippen LogP contribution is -2.25. The molecule has 0 spiro atoms. The molecular weight excluding hydrogens is 610 g/mol. The molecule has 2 heterocycles. The maximum absolute atomic E-state index is 13.0. The van der Waals surface area contributed by atoms with Gasteiger partial charge < -0.3 is 19.5 Å². The van der Waals surface area contributed by atoms with Crippen LogP contribution in [0.15, 0.2) is 46.0 Å². The summed E-state index contributed by atoms with van der Waals surface area (Å²) in [6, 6.07) is 10.7. The Bertz CT molecular complexity index is 1450. The average molecular weight is 635 g/mol. The molecule has 39 heavy (non-hydrogen) atoms. The molecule has 12 nitrogen and oxygen atoms in total. The van der Waals surface area contributed by atoms with E-state index < -0.39 is 0 Å². The lowest BCUT2D eigenvalue weighted by molar-refractivity contribution is -0.113. The predicted octanol–water partition coefficient (Wildman–Crippen LogP) is 3.88. The van der Waals surface area contributed by atoms with Gasteiger partial charge in [0.05, 0.1) is 33.6 Å². The van der Waals surface area contributed by atoms with Crippen molar-refractivity contribution in [3.63, 3.8) is 0 Å². The van der Waals surface area contributed by atoms with Gasteiger partial charge in [-0.2, -0.15) is 0 Å². The summed E-state index contributed by atoms with van der Waals surface area (Å²) in [5.74, 6) is 1.03. The van der Waals surface area contributed by atoms with Crippen molar-refractivity contribution in [1.29, 1.82) is 0 Å². The van der Waals surface area contributed by atoms with Crippen LogP contribution in [0.4, 0.5) is 5.13 Å². The van der Waals surface area contributed by atoms with Gasteiger partial charge in [0.2, 0.25) is 16.8 Å². The zero-order chi connectivity index (χ0) is 27.9. The number of carbonyl (C=O) groups excluding carboxylic acids is 2. The molecule has 0 atom stereocenters. The highest BCUT2D eigenvalue weighted by molar-refractivity contribution is 9.10. The number of aryl methyl sites for hydroxylation is 1. The second-order valence-electron chi connectivity index (χ2n) is 7.77. The molecule has 2 aromatic carbocycles. The molecule has 0 fully saturated rings. The number of ether oxygens (including phenoxy) is 3. The molecule has 0 aliphatic heterocycles. The lowest BCUT2D eigenvalue weighted by Gasteiger charge is -2.14. The van der Waals surface area contributed by atoms with E-state index >= 15 is 0 Å². The smallest absolute Gasteiger partial charge is 0.251 e. The number of aromatic nitrogens is 5. The number of carbonyl (C=O) groups is 2. The summed E-state index contributed by atoms with van der Waals surface area (Å²) >= 11 is 5.94. The normalized spacial score (nSPS) is 10.7. The first kappa shape index (κ1) is 28.3. The Morgan fingerprint density at radius 2 is 1.69 bits per heavy atom. The number of thioether (sulfide) groups is 1. The first-order chi connectivity index (χ1) is 18.8. The number of hydrogen-bond acceptors (Lipinski definition) is 11. The van der Waals surface area contributed by atoms with Crippen LogP contribution in [0, 0.1) is 6.92 Å². The highest BCUT2D eigenvalue weighted by atomic mass is 79.9. The number of amides is 2. The first-order valence-electron chi connectivity index (χ1n) is 11.3. The van der Waals surface area contributed by atoms with Crippen LogP contribution >= 0.6 is 39.0 Å². The van der Waals surface area contributed by atoms with E-state index in [9.17, 15) is 9.59 Å². The predicted molar refractivity (Wildman–Crippen MR) is 150 cm³/mol. The molecule has 15 heteroatoms. The number of methoxy groups -OCH3 is 3. The molecule has 204 valence electrons. The summed E-state index contributed by atoms with van der Waals surface area (Å²) in [5.41, 5.74) is 1.08. The number of nitrogens with one attached hydrogen (secondary N) is 2. The molecule has 2 amide bonds. The Balaban J connectivity index is 1.53. The van der Waals surface area contributed by atoms with Gasteiger partial charge in [0.25, 0.3) is 5.91 Å². The Hall–Kier alpha value is -3.69. The Labute approximate surface area is 240 Å². The largest absolute Gasteiger partial charge is 0.493 e. The lowest BCUT2D eigenvalue weighted by atomic mass is 10.1. The fourth-order valence-corrected chi connectivity index (χ4v) is 5.11. The molecule has 0 unspecified atom stereocenters. The minimum Gasteiger partial charge on any atom is -0.493 e. The van der Waals surface area contributed by atoms with Gasteiger partial charge in [0.15, 0.2) is 22.5 Å². The van der Waals surface area contributed by atoms with Crippen LogP contribution in [-0.4, -0.2) is 63.9 Å². The second kappa shape index (κ2) is 12.9. The van der Waals surface area contributed by atoms with E-state index in [0.29, 0.717) is 38.9 Å². The maximum atomic E-state index is 13.0. The summed E-state index contributed by atoms with van der Waals surface area (Å²) < 4.78 is 18.7. The topological polar surface area (TPSA) is 142 Å². The van der Waals surface area contributed by atoms with Gasteiger partial charge in [-0.1, -0.05) is 39.0 Å². The van der Waals surface area contributed by atoms with Crippen LogP contribution in [0.3, 0.4) is 0 Å². The molecule has 4 rings (SSSR count). The summed E-state index contributed by atoms with van der Waals surface area (Å²) in [5, 5.41) is 23.6. The number of rotatable bonds is 11. The van der Waals surface area contributed by atoms with Crippen LogP contribution in [-0.2, 0) is 11.3 Å². The zero-order valence-electron chi connectivity index (χ0n) is 21.4. The van der Waals surface area contributed by atoms with Crippen molar-refractivity contribution in [2.75, 3.05) is 32.4 Å². The third-order valence-corrected chi connectivity index (χ3v) is 7.44. The minimum atomic E-state index is -0.374. The van der Waals surface area contributed by atoms with Crippen molar-refractivity contribution in [2.24, 2.45) is 0 Å². The van der Waals surface area contributed by atoms with E-state index in [1.165, 1.54) is 44.4 Å². The van der Waals surface area contributed by atoms with Crippen molar-refractivity contribution in [3.8, 4) is 22.9 Å². The van der Waals surface area contributed by atoms with E-state index in [-0.39, 0.29) is 24.1 Å². The highest BCUT2D eigenvalue weighted by Crippen LogP contribution is 2.38. The van der Waals surface area contributed by atoms with Gasteiger partial charge in [-0.3, -0.25) is 19.5 Å². The molecule has 0 radical (unpaired) electrons. The number of benzene rings is 2. The van der Waals surface area contributed by atoms with Crippen LogP contribution in [0.25, 0.3) is 5.69 Å². The van der Waals surface area contributed by atoms with Gasteiger partial charge >= 0.3 is 0 Å². The molecule has 2 N–H and O–H groups in total. The fourth-order valence-electron chi connectivity index (χ4n) is 3.46. The van der Waals surface area contributed by atoms with Crippen LogP contribution in [0.1, 0.15) is 21.2 Å². The van der Waals surface area contributed by atoms with Gasteiger partial charge in [-0.05, 0) is 43.3 Å². The molecule has 4 aromatic rings. The maximum Gasteiger partial charge on any atom is 0.251 e. The van der Waals surface area contributed by atoms with Crippen molar-refractivity contribution in [3.05, 3.63) is 57.3 Å². The second-order valence-corrected chi connectivity index (χ2v) is 10.8. The molecule has 0 aliphatic carbocycles. The first-order valence-corrected chi connectivity index (χ1v) is 13.9. The van der Waals surface area contributed by atoms with E-state index in [2.05, 4.69) is 47.0 Å². The van der Waals surface area contributed by atoms with E-state index in [0.717, 1.165) is 15.2 Å². The Kier molecular flexibility index (Phi) is 9.37. The van der Waals surface area contributed by atoms with E-state index in [4.69, 9.17) is 14.2 Å². The van der Waals surface area contributed by atoms with Crippen LogP contribution in [0.5, 0.6) is 17.2 Å². The SMILES string of the molecule is COc1cc(C(=O)NCc2nnc(SCC(=O)Nc3nnc(C)s3)n2-c2ccc(Br)cc2)cc(OC)c1OC. The standard InChI is InChI=1S/C24H24BrN7O5S2/c1-13-28-30-23(39-13)27-20(33)12-38-24-31-29-19(32(24)16-7-5-15(25)6-8-16)11-26-22(34)14-9-17(35-2)21(37-4)18(10-14)36-3/h5-10H,11-12H2,1-4H3,(H,26,34)(H,27,30,33). The van der Waals surface area contributed by atoms with Gasteiger partial charge in [-0.25, -0.2) is 0 Å².